The quantitative estimate of drug-likeness (QED) is 0.905. The molecule has 4 nitrogen and oxygen atoms in total. The van der Waals surface area contributed by atoms with Crippen LogP contribution in [0.2, 0.25) is 0 Å². The van der Waals surface area contributed by atoms with Gasteiger partial charge in [0.1, 0.15) is 0 Å². The van der Waals surface area contributed by atoms with Crippen LogP contribution >= 0.6 is 0 Å². The lowest BCUT2D eigenvalue weighted by Gasteiger charge is -2.28. The minimum absolute atomic E-state index is 0.0490. The number of nitrogens with zero attached hydrogens (tertiary/aromatic N) is 1. The highest BCUT2D eigenvalue weighted by Gasteiger charge is 2.21. The van der Waals surface area contributed by atoms with E-state index in [4.69, 9.17) is 4.74 Å². The molecule has 1 aliphatic heterocycles. The fraction of sp³-hybridized carbons (Fsp3) is 0.588. The summed E-state index contributed by atoms with van der Waals surface area (Å²) in [5.74, 6) is 0.0490. The number of rotatable bonds is 5. The lowest BCUT2D eigenvalue weighted by atomic mass is 10.1. The molecule has 1 amide bonds. The number of nitrogens with one attached hydrogen (secondary N) is 1. The highest BCUT2D eigenvalue weighted by molar-refractivity contribution is 5.99. The van der Waals surface area contributed by atoms with Crippen molar-refractivity contribution in [3.63, 3.8) is 0 Å². The summed E-state index contributed by atoms with van der Waals surface area (Å²) in [6.07, 6.45) is 3.55. The number of amides is 1. The molecule has 116 valence electrons. The number of carbonyl (C=O) groups is 1. The first-order valence-electron chi connectivity index (χ1n) is 7.80. The van der Waals surface area contributed by atoms with Crippen molar-refractivity contribution < 1.29 is 9.53 Å². The second-order valence-electron chi connectivity index (χ2n) is 6.02. The number of carbonyl (C=O) groups excluding carboxylic acids is 1. The fourth-order valence-corrected chi connectivity index (χ4v) is 2.65. The van der Waals surface area contributed by atoms with Gasteiger partial charge >= 0.3 is 0 Å². The maximum absolute atomic E-state index is 12.7. The molecule has 1 heterocycles. The van der Waals surface area contributed by atoms with E-state index in [-0.39, 0.29) is 12.0 Å². The van der Waals surface area contributed by atoms with Crippen molar-refractivity contribution in [2.75, 3.05) is 25.5 Å². The number of anilines is 1. The lowest BCUT2D eigenvalue weighted by molar-refractivity contribution is -0.000172. The van der Waals surface area contributed by atoms with Crippen molar-refractivity contribution in [1.82, 2.24) is 4.90 Å². The van der Waals surface area contributed by atoms with E-state index in [9.17, 15) is 4.79 Å². The smallest absolute Gasteiger partial charge is 0.255 e. The number of hydrogen-bond donors (Lipinski definition) is 1. The van der Waals surface area contributed by atoms with Crippen molar-refractivity contribution in [3.8, 4) is 0 Å². The number of ether oxygens (including phenoxy) is 1. The third-order valence-corrected chi connectivity index (χ3v) is 3.70. The van der Waals surface area contributed by atoms with Crippen LogP contribution < -0.4 is 5.32 Å². The lowest BCUT2D eigenvalue weighted by Crippen LogP contribution is -2.37. The van der Waals surface area contributed by atoms with Crippen LogP contribution in [0.25, 0.3) is 0 Å². The van der Waals surface area contributed by atoms with Gasteiger partial charge in [0.25, 0.3) is 5.91 Å². The van der Waals surface area contributed by atoms with Gasteiger partial charge in [0.15, 0.2) is 0 Å². The molecule has 0 aliphatic carbocycles. The standard InChI is InChI=1S/C17H26N2O2/c1-13(2)18-16-10-5-4-9-15(16)17(20)19(3)12-14-8-6-7-11-21-14/h4-5,9-10,13-14,18H,6-8,11-12H2,1-3H3. The van der Waals surface area contributed by atoms with Crippen LogP contribution in [0.4, 0.5) is 5.69 Å². The van der Waals surface area contributed by atoms with Gasteiger partial charge in [-0.25, -0.2) is 0 Å². The van der Waals surface area contributed by atoms with Gasteiger partial charge in [0.2, 0.25) is 0 Å². The van der Waals surface area contributed by atoms with Gasteiger partial charge in [0.05, 0.1) is 11.7 Å². The van der Waals surface area contributed by atoms with E-state index in [2.05, 4.69) is 19.2 Å². The molecule has 1 aromatic carbocycles. The fourth-order valence-electron chi connectivity index (χ4n) is 2.65. The molecule has 0 radical (unpaired) electrons. The zero-order chi connectivity index (χ0) is 15.2. The molecule has 1 unspecified atom stereocenters. The number of hydrogen-bond acceptors (Lipinski definition) is 3. The summed E-state index contributed by atoms with van der Waals surface area (Å²) in [5, 5.41) is 3.33. The molecule has 0 aromatic heterocycles. The Labute approximate surface area is 127 Å². The Morgan fingerprint density at radius 2 is 2.14 bits per heavy atom. The van der Waals surface area contributed by atoms with E-state index in [0.29, 0.717) is 12.6 Å². The van der Waals surface area contributed by atoms with Crippen LogP contribution in [0, 0.1) is 0 Å². The summed E-state index contributed by atoms with van der Waals surface area (Å²) in [6.45, 7) is 5.62. The minimum Gasteiger partial charge on any atom is -0.382 e. The third-order valence-electron chi connectivity index (χ3n) is 3.70. The first kappa shape index (κ1) is 15.8. The van der Waals surface area contributed by atoms with E-state index in [0.717, 1.165) is 30.7 Å². The Morgan fingerprint density at radius 1 is 1.38 bits per heavy atom. The van der Waals surface area contributed by atoms with Crippen molar-refractivity contribution in [2.24, 2.45) is 0 Å². The SMILES string of the molecule is CC(C)Nc1ccccc1C(=O)N(C)CC1CCCCO1. The van der Waals surface area contributed by atoms with E-state index < -0.39 is 0 Å². The molecule has 1 saturated heterocycles. The summed E-state index contributed by atoms with van der Waals surface area (Å²) in [5.41, 5.74) is 1.62. The van der Waals surface area contributed by atoms with Gasteiger partial charge in [-0.05, 0) is 45.2 Å². The van der Waals surface area contributed by atoms with Crippen molar-refractivity contribution in [3.05, 3.63) is 29.8 Å². The molecular formula is C17H26N2O2. The highest BCUT2D eigenvalue weighted by Crippen LogP contribution is 2.19. The highest BCUT2D eigenvalue weighted by atomic mass is 16.5. The van der Waals surface area contributed by atoms with Crippen LogP contribution in [0.5, 0.6) is 0 Å². The molecule has 1 aliphatic rings. The monoisotopic (exact) mass is 290 g/mol. The molecule has 1 atom stereocenters. The first-order valence-corrected chi connectivity index (χ1v) is 7.80. The zero-order valence-electron chi connectivity index (χ0n) is 13.3. The first-order chi connectivity index (χ1) is 10.1. The Hall–Kier alpha value is -1.55. The number of benzene rings is 1. The normalized spacial score (nSPS) is 18.6. The molecule has 1 aromatic rings. The van der Waals surface area contributed by atoms with E-state index in [1.54, 1.807) is 4.90 Å². The maximum atomic E-state index is 12.7. The van der Waals surface area contributed by atoms with Crippen LogP contribution in [0.1, 0.15) is 43.5 Å². The third kappa shape index (κ3) is 4.46. The Bertz CT molecular complexity index is 468. The van der Waals surface area contributed by atoms with E-state index in [1.807, 2.05) is 31.3 Å². The second-order valence-corrected chi connectivity index (χ2v) is 6.02. The predicted molar refractivity (Wildman–Crippen MR) is 85.8 cm³/mol. The molecule has 21 heavy (non-hydrogen) atoms. The minimum atomic E-state index is 0.0490. The number of para-hydroxylation sites is 1. The molecule has 0 spiro atoms. The molecular weight excluding hydrogens is 264 g/mol. The second kappa shape index (κ2) is 7.46. The average molecular weight is 290 g/mol. The molecule has 4 heteroatoms. The molecule has 1 fully saturated rings. The Kier molecular flexibility index (Phi) is 5.62. The molecule has 1 N–H and O–H groups in total. The molecule has 2 rings (SSSR count). The molecule has 0 bridgehead atoms. The maximum Gasteiger partial charge on any atom is 0.255 e. The Balaban J connectivity index is 2.04. The van der Waals surface area contributed by atoms with Crippen molar-refractivity contribution in [1.29, 1.82) is 0 Å². The van der Waals surface area contributed by atoms with Gasteiger partial charge in [-0.15, -0.1) is 0 Å². The molecule has 0 saturated carbocycles. The summed E-state index contributed by atoms with van der Waals surface area (Å²) < 4.78 is 5.72. The van der Waals surface area contributed by atoms with Gasteiger partial charge in [-0.2, -0.15) is 0 Å². The zero-order valence-corrected chi connectivity index (χ0v) is 13.3. The van der Waals surface area contributed by atoms with Crippen LogP contribution in [0.15, 0.2) is 24.3 Å². The van der Waals surface area contributed by atoms with Crippen molar-refractivity contribution in [2.45, 2.75) is 45.3 Å². The topological polar surface area (TPSA) is 41.6 Å². The average Bonchev–Trinajstić information content (AvgIpc) is 2.47. The number of likely N-dealkylation sites (N-methyl/N-ethyl adjacent to an activating group) is 1. The summed E-state index contributed by atoms with van der Waals surface area (Å²) >= 11 is 0. The van der Waals surface area contributed by atoms with Gasteiger partial charge < -0.3 is 15.0 Å². The van der Waals surface area contributed by atoms with Crippen LogP contribution in [0.3, 0.4) is 0 Å². The van der Waals surface area contributed by atoms with Gasteiger partial charge in [0, 0.05) is 31.9 Å². The van der Waals surface area contributed by atoms with Crippen molar-refractivity contribution >= 4 is 11.6 Å². The van der Waals surface area contributed by atoms with Gasteiger partial charge in [-0.1, -0.05) is 12.1 Å². The summed E-state index contributed by atoms with van der Waals surface area (Å²) in [4.78, 5) is 14.4. The van der Waals surface area contributed by atoms with E-state index in [1.165, 1.54) is 6.42 Å². The van der Waals surface area contributed by atoms with Crippen LogP contribution in [-0.4, -0.2) is 43.2 Å². The largest absolute Gasteiger partial charge is 0.382 e. The van der Waals surface area contributed by atoms with Crippen LogP contribution in [-0.2, 0) is 4.74 Å². The van der Waals surface area contributed by atoms with Gasteiger partial charge in [-0.3, -0.25) is 4.79 Å². The van der Waals surface area contributed by atoms with E-state index >= 15 is 0 Å². The summed E-state index contributed by atoms with van der Waals surface area (Å²) in [6, 6.07) is 7.99. The predicted octanol–water partition coefficient (Wildman–Crippen LogP) is 3.15. The summed E-state index contributed by atoms with van der Waals surface area (Å²) in [7, 11) is 1.85. The Morgan fingerprint density at radius 3 is 2.81 bits per heavy atom.